The van der Waals surface area contributed by atoms with Crippen molar-refractivity contribution >= 4 is 5.91 Å². The second kappa shape index (κ2) is 4.99. The fourth-order valence-corrected chi connectivity index (χ4v) is 1.26. The first kappa shape index (κ1) is 12.5. The van der Waals surface area contributed by atoms with E-state index in [1.807, 2.05) is 12.1 Å². The van der Waals surface area contributed by atoms with Crippen LogP contribution in [-0.2, 0) is 11.2 Å². The van der Waals surface area contributed by atoms with Crippen molar-refractivity contribution in [1.82, 2.24) is 5.32 Å². The molecule has 0 bridgehead atoms. The van der Waals surface area contributed by atoms with Crippen LogP contribution in [0, 0.1) is 0 Å². The molecule has 88 valence electrons. The Bertz CT molecular complexity index is 370. The fraction of sp³-hybridized carbons (Fsp3) is 0.417. The Balaban J connectivity index is 2.43. The Morgan fingerprint density at radius 3 is 2.62 bits per heavy atom. The van der Waals surface area contributed by atoms with Crippen molar-refractivity contribution in [3.63, 3.8) is 0 Å². The molecule has 0 spiro atoms. The topological polar surface area (TPSA) is 75.4 Å². The molecule has 0 saturated carbocycles. The Morgan fingerprint density at radius 1 is 1.44 bits per heavy atom. The predicted molar refractivity (Wildman–Crippen MR) is 63.1 cm³/mol. The minimum atomic E-state index is -0.862. The molecule has 0 radical (unpaired) electrons. The molecule has 4 N–H and O–H groups in total. The van der Waals surface area contributed by atoms with Crippen molar-refractivity contribution in [2.24, 2.45) is 5.73 Å². The Labute approximate surface area is 95.5 Å². The van der Waals surface area contributed by atoms with Gasteiger partial charge >= 0.3 is 0 Å². The van der Waals surface area contributed by atoms with Gasteiger partial charge in [-0.3, -0.25) is 4.79 Å². The maximum absolute atomic E-state index is 11.4. The van der Waals surface area contributed by atoms with Gasteiger partial charge in [-0.15, -0.1) is 0 Å². The molecule has 1 aromatic carbocycles. The van der Waals surface area contributed by atoms with Crippen molar-refractivity contribution in [2.45, 2.75) is 25.8 Å². The number of phenolic OH excluding ortho intramolecular Hbond substituents is 1. The highest BCUT2D eigenvalue weighted by molar-refractivity contribution is 5.84. The maximum atomic E-state index is 11.4. The van der Waals surface area contributed by atoms with Crippen LogP contribution in [0.25, 0.3) is 0 Å². The van der Waals surface area contributed by atoms with Crippen LogP contribution in [0.15, 0.2) is 24.3 Å². The lowest BCUT2D eigenvalue weighted by Gasteiger charge is -2.17. The van der Waals surface area contributed by atoms with Gasteiger partial charge in [0.25, 0.3) is 0 Å². The summed E-state index contributed by atoms with van der Waals surface area (Å²) in [5.74, 6) is 0.0617. The van der Waals surface area contributed by atoms with Crippen LogP contribution in [0.4, 0.5) is 0 Å². The first-order valence-electron chi connectivity index (χ1n) is 5.25. The van der Waals surface area contributed by atoms with Gasteiger partial charge in [0, 0.05) is 6.54 Å². The number of aromatic hydroxyl groups is 1. The summed E-state index contributed by atoms with van der Waals surface area (Å²) in [6.07, 6.45) is 0.592. The minimum Gasteiger partial charge on any atom is -0.508 e. The van der Waals surface area contributed by atoms with Crippen molar-refractivity contribution in [3.8, 4) is 5.75 Å². The van der Waals surface area contributed by atoms with Gasteiger partial charge in [0.15, 0.2) is 0 Å². The van der Waals surface area contributed by atoms with Gasteiger partial charge in [0.05, 0.1) is 5.54 Å². The number of hydrogen-bond donors (Lipinski definition) is 3. The van der Waals surface area contributed by atoms with Gasteiger partial charge in [0.2, 0.25) is 5.91 Å². The summed E-state index contributed by atoms with van der Waals surface area (Å²) in [5.41, 5.74) is 5.58. The lowest BCUT2D eigenvalue weighted by atomic mass is 10.1. The average molecular weight is 222 g/mol. The molecule has 4 nitrogen and oxygen atoms in total. The van der Waals surface area contributed by atoms with E-state index in [0.717, 1.165) is 5.56 Å². The zero-order valence-corrected chi connectivity index (χ0v) is 9.66. The third kappa shape index (κ3) is 3.55. The molecule has 0 heterocycles. The van der Waals surface area contributed by atoms with Gasteiger partial charge in [-0.1, -0.05) is 18.2 Å². The van der Waals surface area contributed by atoms with Crippen molar-refractivity contribution in [2.75, 3.05) is 6.54 Å². The van der Waals surface area contributed by atoms with Crippen molar-refractivity contribution in [1.29, 1.82) is 0 Å². The summed E-state index contributed by atoms with van der Waals surface area (Å²) in [6.45, 7) is 3.78. The van der Waals surface area contributed by atoms with Crippen LogP contribution in [-0.4, -0.2) is 23.1 Å². The van der Waals surface area contributed by atoms with Gasteiger partial charge in [0.1, 0.15) is 5.75 Å². The summed E-state index contributed by atoms with van der Waals surface area (Å²) >= 11 is 0. The average Bonchev–Trinajstić information content (AvgIpc) is 2.19. The first-order chi connectivity index (χ1) is 7.41. The second-order valence-corrected chi connectivity index (χ2v) is 4.36. The molecule has 1 amide bonds. The number of carbonyl (C=O) groups excluding carboxylic acids is 1. The van der Waals surface area contributed by atoms with E-state index >= 15 is 0 Å². The van der Waals surface area contributed by atoms with Crippen LogP contribution in [0.5, 0.6) is 5.75 Å². The number of hydrogen-bond acceptors (Lipinski definition) is 3. The molecule has 0 aliphatic rings. The summed E-state index contributed by atoms with van der Waals surface area (Å²) in [5, 5.41) is 12.2. The molecule has 16 heavy (non-hydrogen) atoms. The highest BCUT2D eigenvalue weighted by atomic mass is 16.3. The SMILES string of the molecule is CC(C)(N)C(=O)NCCc1ccccc1O. The minimum absolute atomic E-state index is 0.192. The fourth-order valence-electron chi connectivity index (χ4n) is 1.26. The molecular weight excluding hydrogens is 204 g/mol. The Hall–Kier alpha value is -1.55. The van der Waals surface area contributed by atoms with E-state index < -0.39 is 5.54 Å². The summed E-state index contributed by atoms with van der Waals surface area (Å²) in [7, 11) is 0. The number of nitrogens with two attached hydrogens (primary N) is 1. The zero-order valence-electron chi connectivity index (χ0n) is 9.66. The summed E-state index contributed by atoms with van der Waals surface area (Å²) in [4.78, 5) is 11.4. The highest BCUT2D eigenvalue weighted by Crippen LogP contribution is 2.15. The van der Waals surface area contributed by atoms with E-state index in [1.54, 1.807) is 26.0 Å². The van der Waals surface area contributed by atoms with Gasteiger partial charge < -0.3 is 16.2 Å². The Morgan fingerprint density at radius 2 is 2.06 bits per heavy atom. The standard InChI is InChI=1S/C12H18N2O2/c1-12(2,13)11(16)14-8-7-9-5-3-4-6-10(9)15/h3-6,15H,7-8,13H2,1-2H3,(H,14,16). The smallest absolute Gasteiger partial charge is 0.239 e. The lowest BCUT2D eigenvalue weighted by Crippen LogP contribution is -2.49. The van der Waals surface area contributed by atoms with Gasteiger partial charge in [-0.2, -0.15) is 0 Å². The van der Waals surface area contributed by atoms with E-state index in [9.17, 15) is 9.90 Å². The number of benzene rings is 1. The predicted octanol–water partition coefficient (Wildman–Crippen LogP) is 0.788. The molecule has 0 unspecified atom stereocenters. The number of phenols is 1. The monoisotopic (exact) mass is 222 g/mol. The number of carbonyl (C=O) groups is 1. The molecule has 4 heteroatoms. The molecule has 0 aromatic heterocycles. The molecule has 0 aliphatic carbocycles. The van der Waals surface area contributed by atoms with Crippen LogP contribution in [0.1, 0.15) is 19.4 Å². The lowest BCUT2D eigenvalue weighted by molar-refractivity contribution is -0.125. The summed E-state index contributed by atoms with van der Waals surface area (Å²) in [6, 6.07) is 7.07. The number of para-hydroxylation sites is 1. The van der Waals surface area contributed by atoms with E-state index in [0.29, 0.717) is 13.0 Å². The van der Waals surface area contributed by atoms with Gasteiger partial charge in [-0.05, 0) is 31.9 Å². The van der Waals surface area contributed by atoms with Crippen LogP contribution in [0.3, 0.4) is 0 Å². The highest BCUT2D eigenvalue weighted by Gasteiger charge is 2.20. The van der Waals surface area contributed by atoms with E-state index in [-0.39, 0.29) is 11.7 Å². The third-order valence-electron chi connectivity index (χ3n) is 2.26. The van der Waals surface area contributed by atoms with Crippen LogP contribution < -0.4 is 11.1 Å². The maximum Gasteiger partial charge on any atom is 0.239 e. The molecule has 0 fully saturated rings. The molecule has 1 rings (SSSR count). The normalized spacial score (nSPS) is 11.2. The first-order valence-corrected chi connectivity index (χ1v) is 5.25. The van der Waals surface area contributed by atoms with Crippen LogP contribution in [0.2, 0.25) is 0 Å². The Kier molecular flexibility index (Phi) is 3.90. The third-order valence-corrected chi connectivity index (χ3v) is 2.26. The molecule has 0 atom stereocenters. The molecule has 0 saturated heterocycles. The number of amides is 1. The van der Waals surface area contributed by atoms with E-state index in [1.165, 1.54) is 0 Å². The van der Waals surface area contributed by atoms with Crippen LogP contribution >= 0.6 is 0 Å². The summed E-state index contributed by atoms with van der Waals surface area (Å²) < 4.78 is 0. The molecular formula is C12H18N2O2. The zero-order chi connectivity index (χ0) is 12.2. The van der Waals surface area contributed by atoms with Crippen molar-refractivity contribution in [3.05, 3.63) is 29.8 Å². The van der Waals surface area contributed by atoms with Gasteiger partial charge in [-0.25, -0.2) is 0 Å². The van der Waals surface area contributed by atoms with E-state index in [2.05, 4.69) is 5.32 Å². The molecule has 1 aromatic rings. The number of rotatable bonds is 4. The quantitative estimate of drug-likeness (QED) is 0.705. The number of nitrogens with one attached hydrogen (secondary N) is 1. The second-order valence-electron chi connectivity index (χ2n) is 4.36. The molecule has 0 aliphatic heterocycles. The largest absolute Gasteiger partial charge is 0.508 e. The van der Waals surface area contributed by atoms with E-state index in [4.69, 9.17) is 5.73 Å². The van der Waals surface area contributed by atoms with Crippen molar-refractivity contribution < 1.29 is 9.90 Å².